The van der Waals surface area contributed by atoms with E-state index < -0.39 is 31.1 Å². The molecule has 1 aromatic carbocycles. The van der Waals surface area contributed by atoms with Crippen LogP contribution < -0.4 is 5.32 Å². The number of benzene rings is 1. The SMILES string of the molecule is OC[C@H]1O[C@@H](n2cnc3c(NCc4cc5ccccc5s4)ncnc32)C(O)C1O. The molecule has 4 heterocycles. The lowest BCUT2D eigenvalue weighted by molar-refractivity contribution is -0.0511. The minimum absolute atomic E-state index is 0.391. The number of aromatic nitrogens is 4. The summed E-state index contributed by atoms with van der Waals surface area (Å²) in [6, 6.07) is 10.4. The molecule has 1 aliphatic rings. The second-order valence-corrected chi connectivity index (χ2v) is 8.05. The molecule has 0 amide bonds. The molecule has 9 nitrogen and oxygen atoms in total. The summed E-state index contributed by atoms with van der Waals surface area (Å²) in [6.45, 7) is 0.199. The Labute approximate surface area is 169 Å². The van der Waals surface area contributed by atoms with Crippen LogP contribution in [0.3, 0.4) is 0 Å². The van der Waals surface area contributed by atoms with E-state index in [1.807, 2.05) is 12.1 Å². The number of fused-ring (bicyclic) bond motifs is 2. The van der Waals surface area contributed by atoms with Crippen molar-refractivity contribution >= 4 is 38.4 Å². The molecule has 1 aliphatic heterocycles. The van der Waals surface area contributed by atoms with Gasteiger partial charge >= 0.3 is 0 Å². The van der Waals surface area contributed by atoms with Gasteiger partial charge in [-0.05, 0) is 17.5 Å². The Morgan fingerprint density at radius 3 is 2.79 bits per heavy atom. The Balaban J connectivity index is 1.41. The molecule has 0 aliphatic carbocycles. The Morgan fingerprint density at radius 2 is 2.00 bits per heavy atom. The number of anilines is 1. The van der Waals surface area contributed by atoms with Gasteiger partial charge in [-0.2, -0.15) is 0 Å². The highest BCUT2D eigenvalue weighted by Gasteiger charge is 2.44. The van der Waals surface area contributed by atoms with Crippen molar-refractivity contribution in [3.05, 3.63) is 47.9 Å². The van der Waals surface area contributed by atoms with Crippen molar-refractivity contribution < 1.29 is 20.1 Å². The van der Waals surface area contributed by atoms with Crippen LogP contribution in [-0.4, -0.2) is 59.8 Å². The van der Waals surface area contributed by atoms with Gasteiger partial charge in [-0.15, -0.1) is 11.3 Å². The van der Waals surface area contributed by atoms with Gasteiger partial charge in [0.1, 0.15) is 24.6 Å². The van der Waals surface area contributed by atoms with Crippen LogP contribution >= 0.6 is 11.3 Å². The summed E-state index contributed by atoms with van der Waals surface area (Å²) in [7, 11) is 0. The van der Waals surface area contributed by atoms with Crippen molar-refractivity contribution in [2.24, 2.45) is 0 Å². The zero-order chi connectivity index (χ0) is 20.0. The van der Waals surface area contributed by atoms with Crippen LogP contribution in [0.25, 0.3) is 21.3 Å². The minimum atomic E-state index is -1.20. The molecule has 5 rings (SSSR count). The van der Waals surface area contributed by atoms with Gasteiger partial charge in [-0.3, -0.25) is 4.57 Å². The molecule has 1 fully saturated rings. The highest BCUT2D eigenvalue weighted by Crippen LogP contribution is 2.32. The van der Waals surface area contributed by atoms with E-state index in [0.29, 0.717) is 23.5 Å². The third kappa shape index (κ3) is 3.15. The van der Waals surface area contributed by atoms with E-state index in [-0.39, 0.29) is 0 Å². The van der Waals surface area contributed by atoms with E-state index in [2.05, 4.69) is 38.5 Å². The van der Waals surface area contributed by atoms with Crippen LogP contribution in [-0.2, 0) is 11.3 Å². The second kappa shape index (κ2) is 7.32. The van der Waals surface area contributed by atoms with Crippen molar-refractivity contribution in [2.75, 3.05) is 11.9 Å². The normalized spacial score (nSPS) is 24.5. The number of hydrogen-bond donors (Lipinski definition) is 4. The lowest BCUT2D eigenvalue weighted by Gasteiger charge is -2.16. The predicted octanol–water partition coefficient (Wildman–Crippen LogP) is 1.26. The Hall–Kier alpha value is -2.63. The maximum Gasteiger partial charge on any atom is 0.167 e. The molecule has 4 N–H and O–H groups in total. The van der Waals surface area contributed by atoms with Crippen LogP contribution in [0.15, 0.2) is 43.0 Å². The first-order valence-corrected chi connectivity index (χ1v) is 9.98. The fourth-order valence-corrected chi connectivity index (χ4v) is 4.58. The van der Waals surface area contributed by atoms with Crippen LogP contribution in [0, 0.1) is 0 Å². The molecule has 0 bridgehead atoms. The molecule has 0 radical (unpaired) electrons. The summed E-state index contributed by atoms with van der Waals surface area (Å²) in [5.74, 6) is 0.568. The molecular formula is C19H19N5O4S. The van der Waals surface area contributed by atoms with E-state index in [1.54, 1.807) is 15.9 Å². The highest BCUT2D eigenvalue weighted by molar-refractivity contribution is 7.19. The first kappa shape index (κ1) is 18.4. The summed E-state index contributed by atoms with van der Waals surface area (Å²) >= 11 is 1.71. The van der Waals surface area contributed by atoms with Crippen molar-refractivity contribution in [1.82, 2.24) is 19.5 Å². The van der Waals surface area contributed by atoms with Gasteiger partial charge < -0.3 is 25.4 Å². The number of ether oxygens (including phenoxy) is 1. The maximum absolute atomic E-state index is 10.3. The van der Waals surface area contributed by atoms with Gasteiger partial charge in [-0.25, -0.2) is 15.0 Å². The van der Waals surface area contributed by atoms with Crippen molar-refractivity contribution in [3.63, 3.8) is 0 Å². The topological polar surface area (TPSA) is 126 Å². The average molecular weight is 413 g/mol. The molecular weight excluding hydrogens is 394 g/mol. The molecule has 0 spiro atoms. The molecule has 0 saturated carbocycles. The van der Waals surface area contributed by atoms with E-state index >= 15 is 0 Å². The predicted molar refractivity (Wildman–Crippen MR) is 107 cm³/mol. The maximum atomic E-state index is 10.3. The first-order valence-electron chi connectivity index (χ1n) is 9.17. The monoisotopic (exact) mass is 413 g/mol. The van der Waals surface area contributed by atoms with Gasteiger partial charge in [0.2, 0.25) is 0 Å². The fraction of sp³-hybridized carbons (Fsp3) is 0.316. The largest absolute Gasteiger partial charge is 0.394 e. The third-order valence-electron chi connectivity index (χ3n) is 5.06. The minimum Gasteiger partial charge on any atom is -0.394 e. The molecule has 10 heteroatoms. The smallest absolute Gasteiger partial charge is 0.167 e. The lowest BCUT2D eigenvalue weighted by atomic mass is 10.1. The van der Waals surface area contributed by atoms with Crippen molar-refractivity contribution in [1.29, 1.82) is 0 Å². The van der Waals surface area contributed by atoms with Crippen LogP contribution in [0.2, 0.25) is 0 Å². The van der Waals surface area contributed by atoms with E-state index in [1.165, 1.54) is 27.6 Å². The first-order chi connectivity index (χ1) is 14.2. The summed E-state index contributed by atoms with van der Waals surface area (Å²) in [5, 5.41) is 34.1. The summed E-state index contributed by atoms with van der Waals surface area (Å²) < 4.78 is 8.36. The van der Waals surface area contributed by atoms with Gasteiger partial charge in [0.15, 0.2) is 23.2 Å². The van der Waals surface area contributed by atoms with E-state index in [0.717, 1.165) is 0 Å². The fourth-order valence-electron chi connectivity index (χ4n) is 3.57. The van der Waals surface area contributed by atoms with Crippen LogP contribution in [0.1, 0.15) is 11.1 Å². The van der Waals surface area contributed by atoms with Crippen molar-refractivity contribution in [2.45, 2.75) is 31.1 Å². The summed E-state index contributed by atoms with van der Waals surface area (Å²) in [5.41, 5.74) is 1.00. The molecule has 3 aromatic heterocycles. The number of aliphatic hydroxyl groups is 3. The van der Waals surface area contributed by atoms with Gasteiger partial charge in [0.25, 0.3) is 0 Å². The van der Waals surface area contributed by atoms with Crippen molar-refractivity contribution in [3.8, 4) is 0 Å². The molecule has 150 valence electrons. The zero-order valence-electron chi connectivity index (χ0n) is 15.2. The van der Waals surface area contributed by atoms with E-state index in [4.69, 9.17) is 4.74 Å². The third-order valence-corrected chi connectivity index (χ3v) is 6.17. The highest BCUT2D eigenvalue weighted by atomic mass is 32.1. The second-order valence-electron chi connectivity index (χ2n) is 6.88. The number of imidazole rings is 1. The van der Waals surface area contributed by atoms with Gasteiger partial charge in [-0.1, -0.05) is 18.2 Å². The Morgan fingerprint density at radius 1 is 1.14 bits per heavy atom. The number of hydrogen-bond acceptors (Lipinski definition) is 9. The molecule has 4 atom stereocenters. The number of aliphatic hydroxyl groups excluding tert-OH is 3. The lowest BCUT2D eigenvalue weighted by Crippen LogP contribution is -2.33. The quantitative estimate of drug-likeness (QED) is 0.385. The van der Waals surface area contributed by atoms with E-state index in [9.17, 15) is 15.3 Å². The van der Waals surface area contributed by atoms with Crippen LogP contribution in [0.5, 0.6) is 0 Å². The molecule has 1 saturated heterocycles. The summed E-state index contributed by atoms with van der Waals surface area (Å²) in [6.07, 6.45) is -1.24. The van der Waals surface area contributed by atoms with Gasteiger partial charge in [0, 0.05) is 9.58 Å². The van der Waals surface area contributed by atoms with Crippen LogP contribution in [0.4, 0.5) is 5.82 Å². The molecule has 29 heavy (non-hydrogen) atoms. The number of nitrogens with one attached hydrogen (secondary N) is 1. The average Bonchev–Trinajstić information content (AvgIpc) is 3.42. The Kier molecular flexibility index (Phi) is 4.64. The standard InChI is InChI=1S/C19H19N5O4S/c25-7-12-15(26)16(27)19(28-12)24-9-23-14-17(21-8-22-18(14)24)20-6-11-5-10-3-1-2-4-13(10)29-11/h1-5,8-9,12,15-16,19,25-27H,6-7H2,(H,20,21,22)/t12-,15?,16?,19-/m1/s1. The molecule has 4 aromatic rings. The summed E-state index contributed by atoms with van der Waals surface area (Å²) in [4.78, 5) is 14.1. The number of nitrogens with zero attached hydrogens (tertiary/aromatic N) is 4. The number of rotatable bonds is 5. The molecule has 2 unspecified atom stereocenters. The Bertz CT molecular complexity index is 1130. The number of thiophene rings is 1. The van der Waals surface area contributed by atoms with Gasteiger partial charge in [0.05, 0.1) is 19.5 Å². The zero-order valence-corrected chi connectivity index (χ0v) is 16.0.